The van der Waals surface area contributed by atoms with Gasteiger partial charge >= 0.3 is 0 Å². The van der Waals surface area contributed by atoms with Crippen molar-refractivity contribution in [2.75, 3.05) is 6.54 Å². The number of aldehydes is 1. The summed E-state index contributed by atoms with van der Waals surface area (Å²) in [5, 5.41) is 3.00. The molecule has 0 bridgehead atoms. The number of nitrogens with one attached hydrogen (secondary N) is 1. The molecule has 0 aliphatic heterocycles. The highest BCUT2D eigenvalue weighted by molar-refractivity contribution is 5.62. The predicted molar refractivity (Wildman–Crippen MR) is 33.8 cm³/mol. The summed E-state index contributed by atoms with van der Waals surface area (Å²) in [6, 6.07) is 0. The van der Waals surface area contributed by atoms with Crippen molar-refractivity contribution in [1.29, 1.82) is 0 Å². The average molecular weight is 115 g/mol. The average Bonchev–Trinajstić information content (AvgIpc) is 1.67. The molecule has 2 nitrogen and oxygen atoms in total. The van der Waals surface area contributed by atoms with Crippen LogP contribution in [-0.4, -0.2) is 18.4 Å². The van der Waals surface area contributed by atoms with Gasteiger partial charge in [0.15, 0.2) is 0 Å². The van der Waals surface area contributed by atoms with E-state index in [-0.39, 0.29) is 5.54 Å². The van der Waals surface area contributed by atoms with Crippen molar-refractivity contribution in [3.05, 3.63) is 0 Å². The smallest absolute Gasteiger partial charge is 0.139 e. The number of carbonyl (C=O) groups excluding carboxylic acids is 1. The number of hydrogen-bond donors (Lipinski definition) is 1. The van der Waals surface area contributed by atoms with Crippen LogP contribution in [0.4, 0.5) is 0 Å². The Morgan fingerprint density at radius 3 is 2.25 bits per heavy atom. The van der Waals surface area contributed by atoms with Gasteiger partial charge < -0.3 is 10.1 Å². The van der Waals surface area contributed by atoms with Gasteiger partial charge in [0.1, 0.15) is 6.29 Å². The largest absolute Gasteiger partial charge is 0.306 e. The van der Waals surface area contributed by atoms with Gasteiger partial charge in [-0.25, -0.2) is 0 Å². The topological polar surface area (TPSA) is 29.1 Å². The molecule has 0 saturated carbocycles. The fraction of sp³-hybridized carbons (Fsp3) is 0.833. The minimum Gasteiger partial charge on any atom is -0.306 e. The van der Waals surface area contributed by atoms with Crippen LogP contribution in [0, 0.1) is 0 Å². The maximum Gasteiger partial charge on any atom is 0.139 e. The molecule has 48 valence electrons. The van der Waals surface area contributed by atoms with Crippen LogP contribution in [-0.2, 0) is 4.79 Å². The van der Waals surface area contributed by atoms with Gasteiger partial charge in [-0.15, -0.1) is 0 Å². The highest BCUT2D eigenvalue weighted by atomic mass is 16.1. The molecule has 1 N–H and O–H groups in total. The van der Waals surface area contributed by atoms with E-state index in [0.29, 0.717) is 0 Å². The summed E-state index contributed by atoms with van der Waals surface area (Å²) in [4.78, 5) is 10.2. The summed E-state index contributed by atoms with van der Waals surface area (Å²) in [6.07, 6.45) is 0.913. The third-order valence-corrected chi connectivity index (χ3v) is 0.927. The zero-order valence-electron chi connectivity index (χ0n) is 5.69. The standard InChI is InChI=1S/C6H13NO/c1-4-7-6(2,3)5-8/h5,7H,4H2,1-3H3. The summed E-state index contributed by atoms with van der Waals surface area (Å²) in [5.41, 5.74) is -0.339. The first kappa shape index (κ1) is 7.63. The van der Waals surface area contributed by atoms with Crippen molar-refractivity contribution < 1.29 is 4.79 Å². The second kappa shape index (κ2) is 2.82. The molecule has 0 aliphatic carbocycles. The van der Waals surface area contributed by atoms with Crippen LogP contribution in [0.1, 0.15) is 20.8 Å². The fourth-order valence-corrected chi connectivity index (χ4v) is 0.497. The molecule has 0 aliphatic rings. The van der Waals surface area contributed by atoms with E-state index >= 15 is 0 Å². The van der Waals surface area contributed by atoms with Crippen LogP contribution in [0.5, 0.6) is 0 Å². The molecule has 0 radical (unpaired) electrons. The number of likely N-dealkylation sites (N-methyl/N-ethyl adjacent to an activating group) is 1. The first-order valence-corrected chi connectivity index (χ1v) is 2.84. The zero-order chi connectivity index (χ0) is 6.62. The molecule has 0 saturated heterocycles. The Balaban J connectivity index is 3.53. The Bertz CT molecular complexity index is 78.6. The molecule has 0 rings (SSSR count). The van der Waals surface area contributed by atoms with E-state index < -0.39 is 0 Å². The second-order valence-electron chi connectivity index (χ2n) is 2.37. The van der Waals surface area contributed by atoms with Gasteiger partial charge in [-0.05, 0) is 20.4 Å². The minimum absolute atomic E-state index is 0.339. The van der Waals surface area contributed by atoms with Crippen LogP contribution in [0.3, 0.4) is 0 Å². The lowest BCUT2D eigenvalue weighted by Gasteiger charge is -2.16. The van der Waals surface area contributed by atoms with E-state index in [1.54, 1.807) is 0 Å². The third kappa shape index (κ3) is 2.75. The highest BCUT2D eigenvalue weighted by Crippen LogP contribution is 1.93. The van der Waals surface area contributed by atoms with E-state index in [0.717, 1.165) is 12.8 Å². The van der Waals surface area contributed by atoms with Crippen LogP contribution in [0.25, 0.3) is 0 Å². The lowest BCUT2D eigenvalue weighted by Crippen LogP contribution is -2.40. The summed E-state index contributed by atoms with van der Waals surface area (Å²) < 4.78 is 0. The summed E-state index contributed by atoms with van der Waals surface area (Å²) in [5.74, 6) is 0. The van der Waals surface area contributed by atoms with E-state index in [1.165, 1.54) is 0 Å². The molecule has 0 fully saturated rings. The van der Waals surface area contributed by atoms with Crippen molar-refractivity contribution >= 4 is 6.29 Å². The van der Waals surface area contributed by atoms with Gasteiger partial charge in [0, 0.05) is 0 Å². The molecule has 0 unspecified atom stereocenters. The van der Waals surface area contributed by atoms with Crippen molar-refractivity contribution in [3.8, 4) is 0 Å². The van der Waals surface area contributed by atoms with Crippen LogP contribution in [0.15, 0.2) is 0 Å². The Hall–Kier alpha value is -0.370. The lowest BCUT2D eigenvalue weighted by molar-refractivity contribution is -0.112. The maximum atomic E-state index is 10.2. The Morgan fingerprint density at radius 2 is 2.12 bits per heavy atom. The molecular weight excluding hydrogens is 102 g/mol. The van der Waals surface area contributed by atoms with Gasteiger partial charge in [-0.3, -0.25) is 0 Å². The molecule has 0 atom stereocenters. The monoisotopic (exact) mass is 115 g/mol. The number of carbonyl (C=O) groups is 1. The molecule has 0 aromatic carbocycles. The molecule has 8 heavy (non-hydrogen) atoms. The van der Waals surface area contributed by atoms with Crippen LogP contribution >= 0.6 is 0 Å². The van der Waals surface area contributed by atoms with E-state index in [9.17, 15) is 4.79 Å². The molecule has 0 spiro atoms. The molecule has 0 heterocycles. The van der Waals surface area contributed by atoms with Crippen molar-refractivity contribution in [3.63, 3.8) is 0 Å². The van der Waals surface area contributed by atoms with Gasteiger partial charge in [-0.1, -0.05) is 6.92 Å². The van der Waals surface area contributed by atoms with Gasteiger partial charge in [0.25, 0.3) is 0 Å². The van der Waals surface area contributed by atoms with Crippen molar-refractivity contribution in [2.24, 2.45) is 0 Å². The third-order valence-electron chi connectivity index (χ3n) is 0.927. The normalized spacial score (nSPS) is 11.4. The van der Waals surface area contributed by atoms with Gasteiger partial charge in [0.2, 0.25) is 0 Å². The van der Waals surface area contributed by atoms with E-state index in [1.807, 2.05) is 20.8 Å². The Morgan fingerprint density at radius 1 is 1.62 bits per heavy atom. The number of hydrogen-bond acceptors (Lipinski definition) is 2. The van der Waals surface area contributed by atoms with Crippen molar-refractivity contribution in [2.45, 2.75) is 26.3 Å². The van der Waals surface area contributed by atoms with E-state index in [4.69, 9.17) is 0 Å². The number of rotatable bonds is 3. The molecule has 0 aromatic heterocycles. The minimum atomic E-state index is -0.339. The molecule has 0 aromatic rings. The lowest BCUT2D eigenvalue weighted by atomic mass is 10.1. The molecule has 2 heteroatoms. The Kier molecular flexibility index (Phi) is 2.69. The Labute approximate surface area is 50.3 Å². The van der Waals surface area contributed by atoms with Crippen LogP contribution < -0.4 is 5.32 Å². The maximum absolute atomic E-state index is 10.2. The SMILES string of the molecule is CCNC(C)(C)C=O. The van der Waals surface area contributed by atoms with E-state index in [2.05, 4.69) is 5.32 Å². The first-order chi connectivity index (χ1) is 3.62. The van der Waals surface area contributed by atoms with Crippen LogP contribution in [0.2, 0.25) is 0 Å². The second-order valence-corrected chi connectivity index (χ2v) is 2.37. The molecular formula is C6H13NO. The quantitative estimate of drug-likeness (QED) is 0.545. The summed E-state index contributed by atoms with van der Waals surface area (Å²) in [7, 11) is 0. The summed E-state index contributed by atoms with van der Waals surface area (Å²) in [6.45, 7) is 6.52. The van der Waals surface area contributed by atoms with Gasteiger partial charge in [-0.2, -0.15) is 0 Å². The molecule has 0 amide bonds. The first-order valence-electron chi connectivity index (χ1n) is 2.84. The fourth-order valence-electron chi connectivity index (χ4n) is 0.497. The van der Waals surface area contributed by atoms with Crippen molar-refractivity contribution in [1.82, 2.24) is 5.32 Å². The summed E-state index contributed by atoms with van der Waals surface area (Å²) >= 11 is 0. The predicted octanol–water partition coefficient (Wildman–Crippen LogP) is 0.573. The highest BCUT2D eigenvalue weighted by Gasteiger charge is 2.12. The zero-order valence-corrected chi connectivity index (χ0v) is 5.69. The van der Waals surface area contributed by atoms with Gasteiger partial charge in [0.05, 0.1) is 5.54 Å².